The molecule has 5 nitrogen and oxygen atoms in total. The summed E-state index contributed by atoms with van der Waals surface area (Å²) < 4.78 is 40.8. The van der Waals surface area contributed by atoms with Gasteiger partial charge in [0.1, 0.15) is 10.3 Å². The van der Waals surface area contributed by atoms with Crippen molar-refractivity contribution >= 4 is 26.8 Å². The van der Waals surface area contributed by atoms with Crippen molar-refractivity contribution in [3.63, 3.8) is 0 Å². The molecular weight excluding hydrogens is 411 g/mol. The quantitative estimate of drug-likeness (QED) is 0.474. The lowest BCUT2D eigenvalue weighted by Gasteiger charge is -2.09. The summed E-state index contributed by atoms with van der Waals surface area (Å²) in [6.45, 7) is 0. The first-order chi connectivity index (χ1) is 12.4. The van der Waals surface area contributed by atoms with E-state index in [0.29, 0.717) is 15.8 Å². The Balaban J connectivity index is 1.86. The molecule has 130 valence electrons. The summed E-state index contributed by atoms with van der Waals surface area (Å²) in [6.07, 6.45) is 0.234. The predicted octanol–water partition coefficient (Wildman–Crippen LogP) is 4.66. The van der Waals surface area contributed by atoms with Gasteiger partial charge in [-0.1, -0.05) is 18.2 Å². The Morgan fingerprint density at radius 2 is 1.81 bits per heavy atom. The monoisotopic (exact) mass is 419 g/mol. The summed E-state index contributed by atoms with van der Waals surface area (Å²) in [5, 5.41) is 4.96. The molecule has 0 unspecified atom stereocenters. The van der Waals surface area contributed by atoms with Gasteiger partial charge in [-0.15, -0.1) is 0 Å². The minimum Gasteiger partial charge on any atom is -0.260 e. The number of hydrogen-bond donors (Lipinski definition) is 0. The minimum absolute atomic E-state index is 0.0901. The van der Waals surface area contributed by atoms with E-state index in [1.807, 2.05) is 12.1 Å². The molecule has 9 heteroatoms. The summed E-state index contributed by atoms with van der Waals surface area (Å²) in [7, 11) is 0. The maximum absolute atomic E-state index is 12.9. The van der Waals surface area contributed by atoms with Crippen molar-refractivity contribution in [2.45, 2.75) is 6.18 Å². The van der Waals surface area contributed by atoms with Crippen molar-refractivity contribution in [1.82, 2.24) is 24.7 Å². The van der Waals surface area contributed by atoms with Gasteiger partial charge in [-0.05, 0) is 34.1 Å². The average Bonchev–Trinajstić information content (AvgIpc) is 3.04. The van der Waals surface area contributed by atoms with E-state index < -0.39 is 11.9 Å². The van der Waals surface area contributed by atoms with Crippen LogP contribution in [-0.4, -0.2) is 24.7 Å². The summed E-state index contributed by atoms with van der Waals surface area (Å²) >= 11 is 3.27. The standard InChI is InChI=1S/C17H9BrF3N5/c18-15-9-22-8-12(24-15)10-4-5-11-7-23-26(13(11)6-10)16-3-1-2-14(25-16)17(19,20)21/h1-9H. The summed E-state index contributed by atoms with van der Waals surface area (Å²) in [6, 6.07) is 9.18. The first-order valence-electron chi connectivity index (χ1n) is 7.42. The number of benzene rings is 1. The van der Waals surface area contributed by atoms with Gasteiger partial charge in [0, 0.05) is 10.9 Å². The number of hydrogen-bond acceptors (Lipinski definition) is 4. The van der Waals surface area contributed by atoms with Crippen molar-refractivity contribution in [2.75, 3.05) is 0 Å². The van der Waals surface area contributed by atoms with Crippen molar-refractivity contribution in [1.29, 1.82) is 0 Å². The van der Waals surface area contributed by atoms with Gasteiger partial charge >= 0.3 is 6.18 Å². The Morgan fingerprint density at radius 3 is 2.58 bits per heavy atom. The van der Waals surface area contributed by atoms with Gasteiger partial charge in [-0.3, -0.25) is 4.98 Å². The smallest absolute Gasteiger partial charge is 0.260 e. The number of nitrogens with zero attached hydrogens (tertiary/aromatic N) is 5. The number of halogens is 4. The fourth-order valence-electron chi connectivity index (χ4n) is 2.54. The van der Waals surface area contributed by atoms with Crippen LogP contribution < -0.4 is 0 Å². The van der Waals surface area contributed by atoms with Crippen LogP contribution in [0.4, 0.5) is 13.2 Å². The molecule has 0 bridgehead atoms. The normalized spacial score (nSPS) is 11.8. The van der Waals surface area contributed by atoms with Crippen LogP contribution in [0.1, 0.15) is 5.69 Å². The average molecular weight is 420 g/mol. The molecule has 0 spiro atoms. The molecule has 0 aliphatic rings. The highest BCUT2D eigenvalue weighted by atomic mass is 79.9. The van der Waals surface area contributed by atoms with Crippen LogP contribution in [0.3, 0.4) is 0 Å². The van der Waals surface area contributed by atoms with E-state index in [2.05, 4.69) is 36.0 Å². The second-order valence-corrected chi connectivity index (χ2v) is 6.25. The fraction of sp³-hybridized carbons (Fsp3) is 0.0588. The largest absolute Gasteiger partial charge is 0.433 e. The molecule has 4 rings (SSSR count). The second-order valence-electron chi connectivity index (χ2n) is 5.44. The maximum atomic E-state index is 12.9. The number of alkyl halides is 3. The fourth-order valence-corrected chi connectivity index (χ4v) is 2.85. The highest BCUT2D eigenvalue weighted by molar-refractivity contribution is 9.10. The third-order valence-corrected chi connectivity index (χ3v) is 4.10. The van der Waals surface area contributed by atoms with E-state index in [1.165, 1.54) is 16.8 Å². The van der Waals surface area contributed by atoms with Gasteiger partial charge < -0.3 is 0 Å². The molecule has 0 amide bonds. The van der Waals surface area contributed by atoms with Crippen LogP contribution in [0.2, 0.25) is 0 Å². The Bertz CT molecular complexity index is 1110. The number of rotatable bonds is 2. The molecular formula is C17H9BrF3N5. The Labute approximate surface area is 153 Å². The van der Waals surface area contributed by atoms with Crippen molar-refractivity contribution in [2.24, 2.45) is 0 Å². The lowest BCUT2D eigenvalue weighted by atomic mass is 10.1. The zero-order chi connectivity index (χ0) is 18.3. The highest BCUT2D eigenvalue weighted by Gasteiger charge is 2.32. The SMILES string of the molecule is FC(F)(F)c1cccc(-n2ncc3ccc(-c4cncc(Br)n4)cc32)n1. The number of pyridine rings is 1. The molecule has 0 aliphatic carbocycles. The first kappa shape index (κ1) is 16.6. The van der Waals surface area contributed by atoms with E-state index in [4.69, 9.17) is 0 Å². The van der Waals surface area contributed by atoms with E-state index in [0.717, 1.165) is 17.0 Å². The van der Waals surface area contributed by atoms with Gasteiger partial charge in [-0.2, -0.15) is 18.3 Å². The third-order valence-electron chi connectivity index (χ3n) is 3.71. The lowest BCUT2D eigenvalue weighted by Crippen LogP contribution is -2.10. The third kappa shape index (κ3) is 3.05. The van der Waals surface area contributed by atoms with E-state index in [1.54, 1.807) is 24.7 Å². The van der Waals surface area contributed by atoms with Crippen LogP contribution >= 0.6 is 15.9 Å². The molecule has 1 aromatic carbocycles. The number of fused-ring (bicyclic) bond motifs is 1. The minimum atomic E-state index is -4.52. The Hall–Kier alpha value is -2.81. The summed E-state index contributed by atoms with van der Waals surface area (Å²) in [4.78, 5) is 12.1. The molecule has 26 heavy (non-hydrogen) atoms. The van der Waals surface area contributed by atoms with E-state index in [9.17, 15) is 13.2 Å². The van der Waals surface area contributed by atoms with Crippen molar-refractivity contribution in [3.8, 4) is 17.1 Å². The Morgan fingerprint density at radius 1 is 0.962 bits per heavy atom. The molecule has 3 heterocycles. The van der Waals surface area contributed by atoms with Gasteiger partial charge in [0.25, 0.3) is 0 Å². The van der Waals surface area contributed by atoms with Crippen LogP contribution in [0.25, 0.3) is 28.0 Å². The van der Waals surface area contributed by atoms with Gasteiger partial charge in [0.15, 0.2) is 5.82 Å². The van der Waals surface area contributed by atoms with E-state index in [-0.39, 0.29) is 5.82 Å². The molecule has 0 radical (unpaired) electrons. The zero-order valence-electron chi connectivity index (χ0n) is 12.9. The molecule has 0 atom stereocenters. The van der Waals surface area contributed by atoms with Crippen LogP contribution in [0.15, 0.2) is 59.6 Å². The van der Waals surface area contributed by atoms with Crippen molar-refractivity contribution < 1.29 is 13.2 Å². The van der Waals surface area contributed by atoms with E-state index >= 15 is 0 Å². The lowest BCUT2D eigenvalue weighted by molar-refractivity contribution is -0.141. The molecule has 0 saturated heterocycles. The van der Waals surface area contributed by atoms with Gasteiger partial charge in [0.05, 0.1) is 29.8 Å². The Kier molecular flexibility index (Phi) is 3.95. The summed E-state index contributed by atoms with van der Waals surface area (Å²) in [5.41, 5.74) is 1.05. The molecule has 0 N–H and O–H groups in total. The highest BCUT2D eigenvalue weighted by Crippen LogP contribution is 2.29. The van der Waals surface area contributed by atoms with Gasteiger partial charge in [-0.25, -0.2) is 14.6 Å². The maximum Gasteiger partial charge on any atom is 0.433 e. The van der Waals surface area contributed by atoms with Crippen LogP contribution in [-0.2, 0) is 6.18 Å². The first-order valence-corrected chi connectivity index (χ1v) is 8.21. The second kappa shape index (κ2) is 6.17. The summed E-state index contributed by atoms with van der Waals surface area (Å²) in [5.74, 6) is 0.0901. The zero-order valence-corrected chi connectivity index (χ0v) is 14.5. The molecule has 0 fully saturated rings. The van der Waals surface area contributed by atoms with Crippen LogP contribution in [0, 0.1) is 0 Å². The topological polar surface area (TPSA) is 56.5 Å². The van der Waals surface area contributed by atoms with Gasteiger partial charge in [0.2, 0.25) is 0 Å². The van der Waals surface area contributed by atoms with Crippen molar-refractivity contribution in [3.05, 3.63) is 65.3 Å². The predicted molar refractivity (Wildman–Crippen MR) is 92.6 cm³/mol. The molecule has 4 aromatic rings. The molecule has 3 aromatic heterocycles. The molecule has 0 saturated carbocycles. The van der Waals surface area contributed by atoms with Crippen LogP contribution in [0.5, 0.6) is 0 Å². The molecule has 0 aliphatic heterocycles. The number of aromatic nitrogens is 5.